The van der Waals surface area contributed by atoms with Crippen molar-refractivity contribution in [3.8, 4) is 29.9 Å². The Hall–Kier alpha value is -4.89. The molecule has 1 aromatic heterocycles. The quantitative estimate of drug-likeness (QED) is 0.0274. The number of ketones is 1. The van der Waals surface area contributed by atoms with Crippen LogP contribution in [0.15, 0.2) is 115 Å². The number of rotatable bonds is 16. The smallest absolute Gasteiger partial charge is 0.384 e. The fourth-order valence-corrected chi connectivity index (χ4v) is 15.4. The van der Waals surface area contributed by atoms with Gasteiger partial charge in [0.05, 0.1) is 63.1 Å². The van der Waals surface area contributed by atoms with Gasteiger partial charge in [0.15, 0.2) is 11.5 Å². The van der Waals surface area contributed by atoms with E-state index in [1.165, 1.54) is 6.92 Å². The number of benzene rings is 6. The average Bonchev–Trinajstić information content (AvgIpc) is 1.39. The molecular weight excluding hydrogens is 1660 g/mol. The number of carbonyl (C=O) groups is 2. The van der Waals surface area contributed by atoms with E-state index in [1.54, 1.807) is 49.0 Å². The van der Waals surface area contributed by atoms with E-state index in [0.717, 1.165) is 167 Å². The van der Waals surface area contributed by atoms with Crippen LogP contribution in [0.2, 0.25) is 50.2 Å². The lowest BCUT2D eigenvalue weighted by Gasteiger charge is -2.33. The van der Waals surface area contributed by atoms with Crippen molar-refractivity contribution in [3.63, 3.8) is 0 Å². The highest BCUT2D eigenvalue weighted by molar-refractivity contribution is 14.1. The molecule has 0 bridgehead atoms. The van der Waals surface area contributed by atoms with E-state index in [0.29, 0.717) is 81.4 Å². The Kier molecular flexibility index (Phi) is 38.7. The number of terminal acetylenes is 1. The van der Waals surface area contributed by atoms with E-state index in [2.05, 4.69) is 75.6 Å². The van der Waals surface area contributed by atoms with Crippen LogP contribution in [0, 0.1) is 27.8 Å². The first-order valence-corrected chi connectivity index (χ1v) is 39.3. The number of aliphatic hydroxyl groups excluding tert-OH is 2. The minimum atomic E-state index is -0.510. The van der Waals surface area contributed by atoms with E-state index in [-0.39, 0.29) is 49.5 Å². The molecule has 5 aliphatic heterocycles. The van der Waals surface area contributed by atoms with Gasteiger partial charge in [0, 0.05) is 142 Å². The highest BCUT2D eigenvalue weighted by Gasteiger charge is 2.26. The number of carbonyl (C=O) groups excluding carboxylic acids is 2. The third-order valence-electron chi connectivity index (χ3n) is 17.2. The van der Waals surface area contributed by atoms with Gasteiger partial charge in [-0.2, -0.15) is 0 Å². The maximum Gasteiger partial charge on any atom is 0.384 e. The van der Waals surface area contributed by atoms with Crippen LogP contribution in [0.1, 0.15) is 99.8 Å². The molecule has 12 rings (SSSR count). The third kappa shape index (κ3) is 31.9. The number of methoxy groups -OCH3 is 1. The van der Waals surface area contributed by atoms with Crippen LogP contribution < -0.4 is 29.7 Å². The van der Waals surface area contributed by atoms with Gasteiger partial charge >= 0.3 is 5.97 Å². The van der Waals surface area contributed by atoms with Crippen molar-refractivity contribution < 1.29 is 43.5 Å². The molecule has 0 atom stereocenters. The molecule has 6 aromatic carbocycles. The second kappa shape index (κ2) is 46.6. The van der Waals surface area contributed by atoms with E-state index in [1.807, 2.05) is 84.9 Å². The van der Waals surface area contributed by atoms with Crippen molar-refractivity contribution in [2.45, 2.75) is 122 Å². The van der Waals surface area contributed by atoms with Gasteiger partial charge in [0.2, 0.25) is 0 Å². The number of Topliss-reactive ketones (excluding diaryl/α,β-unsaturated/α-hetero) is 1. The molecule has 566 valence electrons. The molecule has 5 fully saturated rings. The van der Waals surface area contributed by atoms with Gasteiger partial charge in [-0.15, -0.1) is 11.5 Å². The lowest BCUT2D eigenvalue weighted by Crippen LogP contribution is -2.37. The van der Waals surface area contributed by atoms with E-state index in [4.69, 9.17) is 151 Å². The van der Waals surface area contributed by atoms with Crippen molar-refractivity contribution >= 4 is 173 Å². The van der Waals surface area contributed by atoms with Gasteiger partial charge in [-0.3, -0.25) is 4.79 Å². The third-order valence-corrected chi connectivity index (χ3v) is 20.0. The molecular formula is C77H87Cl10IN8O9. The summed E-state index contributed by atoms with van der Waals surface area (Å²) >= 11 is 61.8. The average molecular weight is 1750 g/mol. The fourth-order valence-electron chi connectivity index (χ4n) is 11.8. The summed E-state index contributed by atoms with van der Waals surface area (Å²) in [4.78, 5) is 32.1. The molecule has 5 saturated heterocycles. The van der Waals surface area contributed by atoms with Gasteiger partial charge in [-0.05, 0) is 216 Å². The topological polar surface area (TPSA) is 176 Å². The maximum atomic E-state index is 12.1. The monoisotopic (exact) mass is 1740 g/mol. The Morgan fingerprint density at radius 1 is 0.533 bits per heavy atom. The van der Waals surface area contributed by atoms with Crippen LogP contribution >= 0.6 is 139 Å². The van der Waals surface area contributed by atoms with Crippen molar-refractivity contribution in [1.82, 2.24) is 20.3 Å². The number of aromatic nitrogens is 3. The number of nitrogens with one attached hydrogen (secondary N) is 1. The second-order valence-corrected chi connectivity index (χ2v) is 30.6. The van der Waals surface area contributed by atoms with Crippen LogP contribution in [0.4, 0.5) is 22.7 Å². The summed E-state index contributed by atoms with van der Waals surface area (Å²) in [5.74, 6) is 7.73. The molecule has 0 radical (unpaired) electrons. The van der Waals surface area contributed by atoms with Gasteiger partial charge in [-0.25, -0.2) is 9.48 Å². The normalized spacial score (nSPS) is 15.8. The first-order valence-electron chi connectivity index (χ1n) is 34.5. The van der Waals surface area contributed by atoms with E-state index >= 15 is 0 Å². The van der Waals surface area contributed by atoms with Gasteiger partial charge < -0.3 is 58.8 Å². The largest absolute Gasteiger partial charge is 0.497 e. The summed E-state index contributed by atoms with van der Waals surface area (Å²) in [5, 5.41) is 36.3. The molecule has 3 N–H and O–H groups in total. The highest BCUT2D eigenvalue weighted by atomic mass is 127. The van der Waals surface area contributed by atoms with E-state index < -0.39 is 5.97 Å². The SMILES string of the molecule is C#CCOC1CCN(c2cc(Cl)cc(Cl)c2)CC1.CCOC(=O)C#CCOC1CCN(c2cc(Cl)cc(Cl)c2)CC1.COc1ccc(Cn2nnc(C(C)=O)c2COC2CCN(c3cc(Cl)cc(Cl)c3)CC2)cc1.Clc1cc(Cl)cc(I)c1.OC1CCN(c2cc(Cl)cc(Cl)c2)CC1.OC1CCNCC1. The molecule has 7 aromatic rings. The van der Waals surface area contributed by atoms with Crippen LogP contribution in [0.25, 0.3) is 0 Å². The van der Waals surface area contributed by atoms with Crippen molar-refractivity contribution in [2.24, 2.45) is 0 Å². The predicted molar refractivity (Wildman–Crippen MR) is 438 cm³/mol. The van der Waals surface area contributed by atoms with Crippen LogP contribution in [0.5, 0.6) is 5.75 Å². The van der Waals surface area contributed by atoms with Gasteiger partial charge in [0.25, 0.3) is 0 Å². The summed E-state index contributed by atoms with van der Waals surface area (Å²) in [5.41, 5.74) is 6.25. The molecule has 0 saturated carbocycles. The zero-order chi connectivity index (χ0) is 75.8. The zero-order valence-electron chi connectivity index (χ0n) is 58.7. The Morgan fingerprint density at radius 3 is 1.24 bits per heavy atom. The van der Waals surface area contributed by atoms with Crippen LogP contribution in [0.3, 0.4) is 0 Å². The van der Waals surface area contributed by atoms with E-state index in [9.17, 15) is 14.7 Å². The molecule has 0 aliphatic carbocycles. The number of aliphatic hydroxyl groups is 2. The Morgan fingerprint density at radius 2 is 0.895 bits per heavy atom. The van der Waals surface area contributed by atoms with Crippen molar-refractivity contribution in [3.05, 3.63) is 186 Å². The van der Waals surface area contributed by atoms with Crippen LogP contribution in [-0.2, 0) is 36.9 Å². The maximum absolute atomic E-state index is 12.1. The summed E-state index contributed by atoms with van der Waals surface area (Å²) in [6, 6.07) is 35.5. The standard InChI is InChI=1S/C24H26Cl2N4O3.C17H19Cl2NO3.C14H15Cl2NO.C11H13Cl2NO.C6H3Cl2I.C5H11NO/c1-16(31)24-23(30(28-27-24)14-17-3-5-21(32-2)6-4-17)15-33-22-7-9-29(10-8-22)20-12-18(25)11-19(26)13-20;1-2-22-17(21)4-3-9-23-16-5-7-20(8-6-16)15-11-13(18)10-14(19)12-15;1-2-7-18-14-3-5-17(6-4-14)13-9-11(15)8-12(16)10-13;12-8-5-9(13)7-10(6-8)14-3-1-11(15)2-4-14;7-4-1-5(8)3-6(9)2-4;7-5-1-3-6-4-2-5/h3-6,11-13,22H,7-10,14-15H2,1-2H3;10-12,16H,2,5-9H2,1H3;1,8-10,14H,3-7H2;5-7,11,15H,1-4H2;1-3H;5-7H,1-4H2. The number of piperidine rings is 5. The molecule has 0 spiro atoms. The van der Waals surface area contributed by atoms with Crippen molar-refractivity contribution in [2.75, 3.05) is 112 Å². The highest BCUT2D eigenvalue weighted by Crippen LogP contribution is 2.33. The minimum absolute atomic E-state index is 0.0266. The number of hydrogen-bond donors (Lipinski definition) is 3. The van der Waals surface area contributed by atoms with Gasteiger partial charge in [-0.1, -0.05) is 145 Å². The lowest BCUT2D eigenvalue weighted by molar-refractivity contribution is -0.136. The Labute approximate surface area is 680 Å². The fraction of sp³-hybridized carbons (Fsp3) is 0.429. The number of halogens is 11. The van der Waals surface area contributed by atoms with Crippen molar-refractivity contribution in [1.29, 1.82) is 0 Å². The first kappa shape index (κ1) is 87.3. The molecule has 0 amide bonds. The number of hydrogen-bond acceptors (Lipinski definition) is 16. The Bertz CT molecular complexity index is 3830. The van der Waals surface area contributed by atoms with Crippen LogP contribution in [-0.4, -0.2) is 160 Å². The zero-order valence-corrected chi connectivity index (χ0v) is 68.4. The molecule has 17 nitrogen and oxygen atoms in total. The Balaban J connectivity index is 0.000000188. The molecule has 5 aliphatic rings. The first-order chi connectivity index (χ1) is 50.4. The second-order valence-electron chi connectivity index (χ2n) is 25.0. The molecule has 105 heavy (non-hydrogen) atoms. The minimum Gasteiger partial charge on any atom is -0.497 e. The number of esters is 1. The predicted octanol–water partition coefficient (Wildman–Crippen LogP) is 18.5. The summed E-state index contributed by atoms with van der Waals surface area (Å²) in [6.45, 7) is 14.0. The lowest BCUT2D eigenvalue weighted by atomic mass is 10.1. The number of nitrogens with zero attached hydrogens (tertiary/aromatic N) is 7. The number of ether oxygens (including phenoxy) is 5. The van der Waals surface area contributed by atoms with Gasteiger partial charge in [0.1, 0.15) is 19.0 Å². The molecule has 6 heterocycles. The number of anilines is 4. The molecule has 28 heteroatoms. The molecule has 0 unspecified atom stereocenters. The summed E-state index contributed by atoms with van der Waals surface area (Å²) < 4.78 is 30.2. The summed E-state index contributed by atoms with van der Waals surface area (Å²) in [7, 11) is 1.63. The summed E-state index contributed by atoms with van der Waals surface area (Å²) in [6.07, 6.45) is 14.4.